The first kappa shape index (κ1) is 17.4. The van der Waals surface area contributed by atoms with Crippen molar-refractivity contribution in [2.24, 2.45) is 0 Å². The molecule has 0 saturated heterocycles. The lowest BCUT2D eigenvalue weighted by Crippen LogP contribution is -2.15. The highest BCUT2D eigenvalue weighted by Gasteiger charge is 2.11. The third-order valence-electron chi connectivity index (χ3n) is 3.40. The van der Waals surface area contributed by atoms with Gasteiger partial charge in [-0.15, -0.1) is 0 Å². The molecular weight excluding hydrogens is 368 g/mol. The lowest BCUT2D eigenvalue weighted by atomic mass is 10.2. The normalized spacial score (nSPS) is 10.8. The molecule has 0 spiro atoms. The van der Waals surface area contributed by atoms with Crippen LogP contribution >= 0.6 is 23.2 Å². The number of rotatable bonds is 6. The van der Waals surface area contributed by atoms with E-state index in [-0.39, 0.29) is 24.0 Å². The molecule has 0 atom stereocenters. The van der Waals surface area contributed by atoms with Gasteiger partial charge in [-0.1, -0.05) is 35.3 Å². The standard InChI is InChI=1S/C16H14Cl2FN5O/c17-12-7-20-23(9-12)6-5-15(25)21-16-14(18)10-24(22-16)8-11-1-3-13(19)4-2-11/h1-4,7,9-10H,5-6,8H2,(H,21,22,25). The highest BCUT2D eigenvalue weighted by atomic mass is 35.5. The number of hydrogen-bond acceptors (Lipinski definition) is 3. The van der Waals surface area contributed by atoms with E-state index in [2.05, 4.69) is 15.5 Å². The van der Waals surface area contributed by atoms with Crippen LogP contribution in [0.2, 0.25) is 10.0 Å². The number of halogens is 3. The molecule has 0 fully saturated rings. The van der Waals surface area contributed by atoms with Crippen LogP contribution < -0.4 is 5.32 Å². The summed E-state index contributed by atoms with van der Waals surface area (Å²) in [5.74, 6) is -0.249. The smallest absolute Gasteiger partial charge is 0.227 e. The van der Waals surface area contributed by atoms with Crippen LogP contribution in [0.3, 0.4) is 0 Å². The lowest BCUT2D eigenvalue weighted by molar-refractivity contribution is -0.116. The molecule has 3 aromatic rings. The number of aryl methyl sites for hydroxylation is 1. The molecule has 1 amide bonds. The third-order valence-corrected chi connectivity index (χ3v) is 3.87. The van der Waals surface area contributed by atoms with Gasteiger partial charge in [0.2, 0.25) is 5.91 Å². The molecule has 2 aromatic heterocycles. The van der Waals surface area contributed by atoms with Crippen molar-refractivity contribution in [3.05, 3.63) is 64.3 Å². The molecule has 0 aliphatic heterocycles. The van der Waals surface area contributed by atoms with Gasteiger partial charge in [-0.3, -0.25) is 14.2 Å². The summed E-state index contributed by atoms with van der Waals surface area (Å²) in [6, 6.07) is 6.09. The Morgan fingerprint density at radius 1 is 1.16 bits per heavy atom. The number of carbonyl (C=O) groups is 1. The van der Waals surface area contributed by atoms with E-state index in [0.29, 0.717) is 23.1 Å². The van der Waals surface area contributed by atoms with E-state index in [1.807, 2.05) is 0 Å². The van der Waals surface area contributed by atoms with E-state index in [1.165, 1.54) is 18.3 Å². The predicted octanol–water partition coefficient (Wildman–Crippen LogP) is 3.60. The predicted molar refractivity (Wildman–Crippen MR) is 93.2 cm³/mol. The Morgan fingerprint density at radius 3 is 2.60 bits per heavy atom. The van der Waals surface area contributed by atoms with Crippen LogP contribution in [0.4, 0.5) is 10.2 Å². The summed E-state index contributed by atoms with van der Waals surface area (Å²) >= 11 is 11.9. The van der Waals surface area contributed by atoms with Gasteiger partial charge >= 0.3 is 0 Å². The Labute approximate surface area is 153 Å². The van der Waals surface area contributed by atoms with Crippen LogP contribution in [-0.4, -0.2) is 25.5 Å². The zero-order valence-corrected chi connectivity index (χ0v) is 14.5. The number of carbonyl (C=O) groups excluding carboxylic acids is 1. The molecule has 3 rings (SSSR count). The number of hydrogen-bond donors (Lipinski definition) is 1. The van der Waals surface area contributed by atoms with E-state index in [9.17, 15) is 9.18 Å². The van der Waals surface area contributed by atoms with Crippen LogP contribution in [0.1, 0.15) is 12.0 Å². The lowest BCUT2D eigenvalue weighted by Gasteiger charge is -2.04. The van der Waals surface area contributed by atoms with Crippen LogP contribution in [0.15, 0.2) is 42.9 Å². The van der Waals surface area contributed by atoms with Crippen molar-refractivity contribution in [2.75, 3.05) is 5.32 Å². The molecule has 0 saturated carbocycles. The monoisotopic (exact) mass is 381 g/mol. The summed E-state index contributed by atoms with van der Waals surface area (Å²) in [6.07, 6.45) is 4.96. The quantitative estimate of drug-likeness (QED) is 0.709. The van der Waals surface area contributed by atoms with E-state index < -0.39 is 0 Å². The number of aromatic nitrogens is 4. The minimum absolute atomic E-state index is 0.207. The number of anilines is 1. The van der Waals surface area contributed by atoms with Crippen LogP contribution in [0.25, 0.3) is 0 Å². The van der Waals surface area contributed by atoms with Gasteiger partial charge in [0.05, 0.1) is 17.8 Å². The second-order valence-corrected chi connectivity index (χ2v) is 6.21. The highest BCUT2D eigenvalue weighted by Crippen LogP contribution is 2.20. The Balaban J connectivity index is 1.58. The fourth-order valence-electron chi connectivity index (χ4n) is 2.21. The molecule has 9 heteroatoms. The molecule has 130 valence electrons. The molecule has 0 unspecified atom stereocenters. The minimum atomic E-state index is -0.298. The highest BCUT2D eigenvalue weighted by molar-refractivity contribution is 6.33. The van der Waals surface area contributed by atoms with Crippen molar-refractivity contribution in [1.29, 1.82) is 0 Å². The van der Waals surface area contributed by atoms with Gasteiger partial charge in [-0.2, -0.15) is 10.2 Å². The summed E-state index contributed by atoms with van der Waals surface area (Å²) in [4.78, 5) is 12.0. The van der Waals surface area contributed by atoms with Crippen molar-refractivity contribution in [1.82, 2.24) is 19.6 Å². The van der Waals surface area contributed by atoms with Crippen LogP contribution in [-0.2, 0) is 17.9 Å². The Bertz CT molecular complexity index is 875. The minimum Gasteiger partial charge on any atom is -0.308 e. The second kappa shape index (κ2) is 7.67. The summed E-state index contributed by atoms with van der Waals surface area (Å²) in [7, 11) is 0. The maximum Gasteiger partial charge on any atom is 0.227 e. The maximum atomic E-state index is 12.9. The number of amides is 1. The SMILES string of the molecule is O=C(CCn1cc(Cl)cn1)Nc1nn(Cc2ccc(F)cc2)cc1Cl. The van der Waals surface area contributed by atoms with Crippen molar-refractivity contribution in [3.63, 3.8) is 0 Å². The van der Waals surface area contributed by atoms with Crippen LogP contribution in [0.5, 0.6) is 0 Å². The largest absolute Gasteiger partial charge is 0.308 e. The van der Waals surface area contributed by atoms with E-state index in [4.69, 9.17) is 23.2 Å². The zero-order chi connectivity index (χ0) is 17.8. The third kappa shape index (κ3) is 4.80. The molecule has 0 aliphatic rings. The van der Waals surface area contributed by atoms with Gasteiger partial charge in [0.1, 0.15) is 10.8 Å². The summed E-state index contributed by atoms with van der Waals surface area (Å²) in [6.45, 7) is 0.814. The molecule has 2 heterocycles. The Kier molecular flexibility index (Phi) is 5.35. The average molecular weight is 382 g/mol. The number of nitrogens with one attached hydrogen (secondary N) is 1. The first-order chi connectivity index (χ1) is 12.0. The summed E-state index contributed by atoms with van der Waals surface area (Å²) in [5.41, 5.74) is 0.869. The molecule has 1 aromatic carbocycles. The molecule has 1 N–H and O–H groups in total. The molecule has 0 bridgehead atoms. The molecule has 25 heavy (non-hydrogen) atoms. The van der Waals surface area contributed by atoms with Gasteiger partial charge in [0, 0.05) is 25.4 Å². The van der Waals surface area contributed by atoms with Gasteiger partial charge < -0.3 is 5.32 Å². The molecule has 0 radical (unpaired) electrons. The van der Waals surface area contributed by atoms with Gasteiger partial charge in [-0.25, -0.2) is 4.39 Å². The summed E-state index contributed by atoms with van der Waals surface area (Å²) in [5, 5.41) is 11.8. The van der Waals surface area contributed by atoms with Crippen molar-refractivity contribution in [2.45, 2.75) is 19.5 Å². The molecule has 6 nitrogen and oxygen atoms in total. The van der Waals surface area contributed by atoms with E-state index in [1.54, 1.807) is 33.9 Å². The van der Waals surface area contributed by atoms with Crippen LogP contribution in [0, 0.1) is 5.82 Å². The number of benzene rings is 1. The van der Waals surface area contributed by atoms with E-state index >= 15 is 0 Å². The second-order valence-electron chi connectivity index (χ2n) is 5.37. The summed E-state index contributed by atoms with van der Waals surface area (Å²) < 4.78 is 16.1. The fourth-order valence-corrected chi connectivity index (χ4v) is 2.56. The van der Waals surface area contributed by atoms with Crippen molar-refractivity contribution >= 4 is 34.9 Å². The van der Waals surface area contributed by atoms with Gasteiger partial charge in [-0.05, 0) is 17.7 Å². The number of nitrogens with zero attached hydrogens (tertiary/aromatic N) is 4. The zero-order valence-electron chi connectivity index (χ0n) is 13.0. The van der Waals surface area contributed by atoms with Gasteiger partial charge in [0.25, 0.3) is 0 Å². The van der Waals surface area contributed by atoms with Crippen molar-refractivity contribution in [3.8, 4) is 0 Å². The fraction of sp³-hybridized carbons (Fsp3) is 0.188. The Morgan fingerprint density at radius 2 is 1.92 bits per heavy atom. The topological polar surface area (TPSA) is 64.7 Å². The first-order valence-corrected chi connectivity index (χ1v) is 8.20. The maximum absolute atomic E-state index is 12.9. The van der Waals surface area contributed by atoms with E-state index in [0.717, 1.165) is 5.56 Å². The average Bonchev–Trinajstić information content (AvgIpc) is 3.14. The Hall–Kier alpha value is -2.38. The van der Waals surface area contributed by atoms with Crippen molar-refractivity contribution < 1.29 is 9.18 Å². The molecular formula is C16H14Cl2FN5O. The first-order valence-electron chi connectivity index (χ1n) is 7.45. The molecule has 0 aliphatic carbocycles. The van der Waals surface area contributed by atoms with Gasteiger partial charge in [0.15, 0.2) is 5.82 Å².